The van der Waals surface area contributed by atoms with E-state index >= 15 is 0 Å². The summed E-state index contributed by atoms with van der Waals surface area (Å²) < 4.78 is 0. The predicted octanol–water partition coefficient (Wildman–Crippen LogP) is 2.93. The quantitative estimate of drug-likeness (QED) is 0.742. The van der Waals surface area contributed by atoms with Gasteiger partial charge in [0.25, 0.3) is 0 Å². The van der Waals surface area contributed by atoms with Gasteiger partial charge in [0.05, 0.1) is 12.0 Å². The molecule has 0 unspecified atom stereocenters. The maximum atomic E-state index is 8.63. The van der Waals surface area contributed by atoms with Crippen LogP contribution in [-0.2, 0) is 0 Å². The monoisotopic (exact) mass is 216 g/mol. The summed E-state index contributed by atoms with van der Waals surface area (Å²) in [5.41, 5.74) is 1.39. The van der Waals surface area contributed by atoms with E-state index in [1.165, 1.54) is 5.56 Å². The van der Waals surface area contributed by atoms with Gasteiger partial charge in [-0.3, -0.25) is 0 Å². The molecule has 16 heavy (non-hydrogen) atoms. The Bertz CT molecular complexity index is 326. The minimum absolute atomic E-state index is 0.104. The largest absolute Gasteiger partial charge is 0.315 e. The maximum Gasteiger partial charge on any atom is 0.0666 e. The zero-order chi connectivity index (χ0) is 11.8. The van der Waals surface area contributed by atoms with Crippen molar-refractivity contribution in [1.29, 1.82) is 5.26 Å². The van der Waals surface area contributed by atoms with Gasteiger partial charge >= 0.3 is 0 Å². The molecule has 1 N–H and O–H groups in total. The lowest BCUT2D eigenvalue weighted by Gasteiger charge is -2.12. The molecular weight excluding hydrogens is 196 g/mol. The second-order valence-electron chi connectivity index (χ2n) is 4.33. The molecule has 0 heterocycles. The van der Waals surface area contributed by atoms with Crippen LogP contribution in [0.1, 0.15) is 31.7 Å². The van der Waals surface area contributed by atoms with Gasteiger partial charge in [-0.05, 0) is 31.4 Å². The number of rotatable bonds is 6. The molecule has 1 rings (SSSR count). The third kappa shape index (κ3) is 4.46. The Morgan fingerprint density at radius 3 is 2.56 bits per heavy atom. The average molecular weight is 216 g/mol. The first-order valence-electron chi connectivity index (χ1n) is 5.89. The fourth-order valence-corrected chi connectivity index (χ4v) is 1.63. The molecule has 0 aliphatic rings. The molecule has 1 aromatic rings. The van der Waals surface area contributed by atoms with Crippen LogP contribution in [0.4, 0.5) is 0 Å². The topological polar surface area (TPSA) is 35.8 Å². The summed E-state index contributed by atoms with van der Waals surface area (Å²) in [6, 6.07) is 12.8. The highest BCUT2D eigenvalue weighted by Crippen LogP contribution is 2.17. The number of nitrogens with zero attached hydrogens (tertiary/aromatic N) is 1. The van der Waals surface area contributed by atoms with Crippen molar-refractivity contribution in [3.05, 3.63) is 35.9 Å². The van der Waals surface area contributed by atoms with E-state index in [0.717, 1.165) is 19.5 Å². The van der Waals surface area contributed by atoms with Crippen LogP contribution in [0.25, 0.3) is 0 Å². The van der Waals surface area contributed by atoms with Gasteiger partial charge in [0, 0.05) is 6.54 Å². The van der Waals surface area contributed by atoms with E-state index in [4.69, 9.17) is 5.26 Å². The molecule has 0 spiro atoms. The van der Waals surface area contributed by atoms with Crippen LogP contribution < -0.4 is 5.32 Å². The summed E-state index contributed by atoms with van der Waals surface area (Å²) in [5.74, 6) is 0.679. The first-order chi connectivity index (χ1) is 7.74. The Hall–Kier alpha value is -1.33. The number of hydrogen-bond acceptors (Lipinski definition) is 2. The number of nitriles is 1. The molecule has 0 amide bonds. The minimum Gasteiger partial charge on any atom is -0.315 e. The summed E-state index contributed by atoms with van der Waals surface area (Å²) in [6.45, 7) is 5.94. The maximum absolute atomic E-state index is 8.63. The van der Waals surface area contributed by atoms with Gasteiger partial charge in [0.1, 0.15) is 0 Å². The van der Waals surface area contributed by atoms with Crippen molar-refractivity contribution in [2.24, 2.45) is 5.92 Å². The van der Waals surface area contributed by atoms with E-state index in [9.17, 15) is 0 Å². The second-order valence-corrected chi connectivity index (χ2v) is 4.33. The Labute approximate surface area is 98.3 Å². The highest BCUT2D eigenvalue weighted by atomic mass is 14.8. The molecule has 0 aliphatic carbocycles. The van der Waals surface area contributed by atoms with E-state index in [2.05, 4.69) is 42.6 Å². The highest BCUT2D eigenvalue weighted by Gasteiger charge is 2.04. The lowest BCUT2D eigenvalue weighted by atomic mass is 9.98. The first kappa shape index (κ1) is 12.7. The van der Waals surface area contributed by atoms with E-state index in [-0.39, 0.29) is 5.92 Å². The van der Waals surface area contributed by atoms with Gasteiger partial charge in [-0.15, -0.1) is 0 Å². The third-order valence-electron chi connectivity index (χ3n) is 2.79. The Kier molecular flexibility index (Phi) is 5.60. The van der Waals surface area contributed by atoms with Gasteiger partial charge in [0.2, 0.25) is 0 Å². The Morgan fingerprint density at radius 2 is 1.94 bits per heavy atom. The molecule has 2 heteroatoms. The summed E-state index contributed by atoms with van der Waals surface area (Å²) in [5, 5.41) is 11.9. The molecule has 1 aromatic carbocycles. The standard InChI is InChI=1S/C14H20N2/c1-12(10-15)11-16-9-8-13(2)14-6-4-3-5-7-14/h3-7,12-13,16H,8-9,11H2,1-2H3/t12-,13-/m1/s1. The number of hydrogen-bond donors (Lipinski definition) is 1. The molecule has 0 aliphatic heterocycles. The zero-order valence-corrected chi connectivity index (χ0v) is 10.1. The van der Waals surface area contributed by atoms with Crippen molar-refractivity contribution in [1.82, 2.24) is 5.32 Å². The normalized spacial score (nSPS) is 14.1. The van der Waals surface area contributed by atoms with Gasteiger partial charge in [-0.25, -0.2) is 0 Å². The molecule has 0 fully saturated rings. The molecule has 0 radical (unpaired) electrons. The smallest absolute Gasteiger partial charge is 0.0666 e. The summed E-state index contributed by atoms with van der Waals surface area (Å²) in [6.07, 6.45) is 1.11. The van der Waals surface area contributed by atoms with Crippen LogP contribution in [0.2, 0.25) is 0 Å². The van der Waals surface area contributed by atoms with Crippen molar-refractivity contribution in [3.8, 4) is 6.07 Å². The van der Waals surface area contributed by atoms with Gasteiger partial charge in [-0.2, -0.15) is 5.26 Å². The molecule has 0 saturated carbocycles. The molecule has 2 atom stereocenters. The number of benzene rings is 1. The van der Waals surface area contributed by atoms with Crippen LogP contribution in [0.5, 0.6) is 0 Å². The van der Waals surface area contributed by atoms with Crippen LogP contribution in [-0.4, -0.2) is 13.1 Å². The molecular formula is C14H20N2. The molecule has 86 valence electrons. The van der Waals surface area contributed by atoms with Crippen molar-refractivity contribution in [2.45, 2.75) is 26.2 Å². The van der Waals surface area contributed by atoms with Crippen LogP contribution in [0, 0.1) is 17.2 Å². The van der Waals surface area contributed by atoms with Crippen molar-refractivity contribution in [3.63, 3.8) is 0 Å². The Morgan fingerprint density at radius 1 is 1.25 bits per heavy atom. The molecule has 0 saturated heterocycles. The van der Waals surface area contributed by atoms with Gasteiger partial charge in [0.15, 0.2) is 0 Å². The van der Waals surface area contributed by atoms with E-state index in [1.807, 2.05) is 13.0 Å². The third-order valence-corrected chi connectivity index (χ3v) is 2.79. The fourth-order valence-electron chi connectivity index (χ4n) is 1.63. The van der Waals surface area contributed by atoms with Crippen molar-refractivity contribution in [2.75, 3.05) is 13.1 Å². The first-order valence-corrected chi connectivity index (χ1v) is 5.89. The van der Waals surface area contributed by atoms with Crippen LogP contribution in [0.3, 0.4) is 0 Å². The second kappa shape index (κ2) is 7.03. The van der Waals surface area contributed by atoms with E-state index in [1.54, 1.807) is 0 Å². The van der Waals surface area contributed by atoms with Crippen molar-refractivity contribution < 1.29 is 0 Å². The summed E-state index contributed by atoms with van der Waals surface area (Å²) in [7, 11) is 0. The predicted molar refractivity (Wildman–Crippen MR) is 67.1 cm³/mol. The molecule has 0 aromatic heterocycles. The highest BCUT2D eigenvalue weighted by molar-refractivity contribution is 5.18. The van der Waals surface area contributed by atoms with Gasteiger partial charge in [-0.1, -0.05) is 37.3 Å². The lowest BCUT2D eigenvalue weighted by Crippen LogP contribution is -2.22. The average Bonchev–Trinajstić information content (AvgIpc) is 2.35. The SMILES string of the molecule is C[C@H](C#N)CNCC[C@@H](C)c1ccccc1. The van der Waals surface area contributed by atoms with E-state index < -0.39 is 0 Å². The summed E-state index contributed by atoms with van der Waals surface area (Å²) >= 11 is 0. The zero-order valence-electron chi connectivity index (χ0n) is 10.1. The number of nitrogens with one attached hydrogen (secondary N) is 1. The summed E-state index contributed by atoms with van der Waals surface area (Å²) in [4.78, 5) is 0. The molecule has 2 nitrogen and oxygen atoms in total. The van der Waals surface area contributed by atoms with Crippen molar-refractivity contribution >= 4 is 0 Å². The van der Waals surface area contributed by atoms with E-state index in [0.29, 0.717) is 5.92 Å². The molecule has 0 bridgehead atoms. The van der Waals surface area contributed by atoms with Crippen LogP contribution in [0.15, 0.2) is 30.3 Å². The minimum atomic E-state index is 0.104. The lowest BCUT2D eigenvalue weighted by molar-refractivity contribution is 0.556. The Balaban J connectivity index is 2.21. The van der Waals surface area contributed by atoms with Gasteiger partial charge < -0.3 is 5.32 Å². The fraction of sp³-hybridized carbons (Fsp3) is 0.500. The van der Waals surface area contributed by atoms with Crippen LogP contribution >= 0.6 is 0 Å².